The molecule has 1 aliphatic rings. The zero-order valence-corrected chi connectivity index (χ0v) is 10.4. The van der Waals surface area contributed by atoms with Crippen molar-refractivity contribution in [1.29, 1.82) is 0 Å². The molecule has 2 heteroatoms. The van der Waals surface area contributed by atoms with Gasteiger partial charge < -0.3 is 0 Å². The number of hydrogen-bond acceptors (Lipinski definition) is 2. The van der Waals surface area contributed by atoms with Crippen molar-refractivity contribution in [1.82, 2.24) is 9.88 Å². The predicted octanol–water partition coefficient (Wildman–Crippen LogP) is 3.33. The lowest BCUT2D eigenvalue weighted by Gasteiger charge is -2.35. The first-order chi connectivity index (χ1) is 7.83. The molecule has 0 spiro atoms. The average molecular weight is 218 g/mol. The maximum atomic E-state index is 4.59. The Kier molecular flexibility index (Phi) is 3.94. The van der Waals surface area contributed by atoms with E-state index in [4.69, 9.17) is 0 Å². The van der Waals surface area contributed by atoms with Gasteiger partial charge in [0.05, 0.1) is 11.7 Å². The predicted molar refractivity (Wildman–Crippen MR) is 67.4 cm³/mol. The number of piperidine rings is 1. The smallest absolute Gasteiger partial charge is 0.0604 e. The van der Waals surface area contributed by atoms with E-state index in [-0.39, 0.29) is 0 Å². The van der Waals surface area contributed by atoms with E-state index in [0.717, 1.165) is 0 Å². The molecule has 0 bridgehead atoms. The van der Waals surface area contributed by atoms with Gasteiger partial charge in [0.1, 0.15) is 0 Å². The number of hydrogen-bond donors (Lipinski definition) is 0. The summed E-state index contributed by atoms with van der Waals surface area (Å²) in [5.41, 5.74) is 2.64. The molecule has 1 saturated heterocycles. The number of aryl methyl sites for hydroxylation is 1. The van der Waals surface area contributed by atoms with Gasteiger partial charge >= 0.3 is 0 Å². The summed E-state index contributed by atoms with van der Waals surface area (Å²) in [6.07, 6.45) is 7.14. The van der Waals surface area contributed by atoms with E-state index in [1.807, 2.05) is 12.3 Å². The topological polar surface area (TPSA) is 16.1 Å². The van der Waals surface area contributed by atoms with Crippen molar-refractivity contribution in [2.24, 2.45) is 0 Å². The normalized spacial score (nSPS) is 22.2. The van der Waals surface area contributed by atoms with E-state index in [1.165, 1.54) is 50.0 Å². The van der Waals surface area contributed by atoms with Gasteiger partial charge in [-0.05, 0) is 50.9 Å². The first-order valence-corrected chi connectivity index (χ1v) is 6.48. The zero-order valence-electron chi connectivity index (χ0n) is 10.4. The van der Waals surface area contributed by atoms with Crippen LogP contribution < -0.4 is 0 Å². The summed E-state index contributed by atoms with van der Waals surface area (Å²) in [6.45, 7) is 6.90. The zero-order chi connectivity index (χ0) is 11.4. The Morgan fingerprint density at radius 3 is 3.06 bits per heavy atom. The fourth-order valence-corrected chi connectivity index (χ4v) is 2.70. The van der Waals surface area contributed by atoms with E-state index in [9.17, 15) is 0 Å². The minimum Gasteiger partial charge on any atom is -0.295 e. The third kappa shape index (κ3) is 2.43. The van der Waals surface area contributed by atoms with Crippen molar-refractivity contribution in [2.45, 2.75) is 45.6 Å². The largest absolute Gasteiger partial charge is 0.295 e. The average Bonchev–Trinajstić information content (AvgIpc) is 2.31. The molecule has 1 aromatic heterocycles. The van der Waals surface area contributed by atoms with Crippen molar-refractivity contribution in [3.8, 4) is 0 Å². The van der Waals surface area contributed by atoms with E-state index in [2.05, 4.69) is 29.8 Å². The molecule has 0 aromatic carbocycles. The van der Waals surface area contributed by atoms with Crippen LogP contribution in [0.5, 0.6) is 0 Å². The van der Waals surface area contributed by atoms with Crippen LogP contribution in [-0.4, -0.2) is 23.0 Å². The highest BCUT2D eigenvalue weighted by Crippen LogP contribution is 2.31. The lowest BCUT2D eigenvalue weighted by Crippen LogP contribution is -2.34. The van der Waals surface area contributed by atoms with Crippen LogP contribution in [0.3, 0.4) is 0 Å². The van der Waals surface area contributed by atoms with Gasteiger partial charge in [-0.25, -0.2) is 0 Å². The Morgan fingerprint density at radius 2 is 2.31 bits per heavy atom. The Hall–Kier alpha value is -0.890. The molecule has 0 aliphatic carbocycles. The molecule has 1 atom stereocenters. The summed E-state index contributed by atoms with van der Waals surface area (Å²) in [4.78, 5) is 7.20. The standard InChI is InChI=1S/C14H22N2/c1-3-10-16-11-5-4-8-13(16)14-12(2)7-6-9-15-14/h6-7,9,13H,3-5,8,10-11H2,1-2H3/t13-/m1/s1. The van der Waals surface area contributed by atoms with Gasteiger partial charge in [-0.3, -0.25) is 9.88 Å². The van der Waals surface area contributed by atoms with Gasteiger partial charge in [0.15, 0.2) is 0 Å². The summed E-state index contributed by atoms with van der Waals surface area (Å²) >= 11 is 0. The van der Waals surface area contributed by atoms with Gasteiger partial charge in [0, 0.05) is 6.20 Å². The Morgan fingerprint density at radius 1 is 1.44 bits per heavy atom. The van der Waals surface area contributed by atoms with Crippen molar-refractivity contribution in [2.75, 3.05) is 13.1 Å². The molecule has 16 heavy (non-hydrogen) atoms. The Balaban J connectivity index is 2.19. The molecule has 2 nitrogen and oxygen atoms in total. The lowest BCUT2D eigenvalue weighted by atomic mass is 9.96. The van der Waals surface area contributed by atoms with Gasteiger partial charge in [0.25, 0.3) is 0 Å². The minimum atomic E-state index is 0.565. The fourth-order valence-electron chi connectivity index (χ4n) is 2.70. The molecule has 1 aromatic rings. The van der Waals surface area contributed by atoms with Crippen molar-refractivity contribution >= 4 is 0 Å². The van der Waals surface area contributed by atoms with Crippen LogP contribution in [0, 0.1) is 6.92 Å². The quantitative estimate of drug-likeness (QED) is 0.773. The third-order valence-corrected chi connectivity index (χ3v) is 3.49. The first-order valence-electron chi connectivity index (χ1n) is 6.48. The monoisotopic (exact) mass is 218 g/mol. The van der Waals surface area contributed by atoms with E-state index in [0.29, 0.717) is 6.04 Å². The van der Waals surface area contributed by atoms with Gasteiger partial charge in [-0.15, -0.1) is 0 Å². The van der Waals surface area contributed by atoms with E-state index >= 15 is 0 Å². The summed E-state index contributed by atoms with van der Waals surface area (Å²) in [7, 11) is 0. The van der Waals surface area contributed by atoms with Gasteiger partial charge in [0.2, 0.25) is 0 Å². The Bertz CT molecular complexity index is 333. The van der Waals surface area contributed by atoms with Crippen LogP contribution in [0.4, 0.5) is 0 Å². The second-order valence-corrected chi connectivity index (χ2v) is 4.75. The maximum absolute atomic E-state index is 4.59. The number of aromatic nitrogens is 1. The van der Waals surface area contributed by atoms with E-state index in [1.54, 1.807) is 0 Å². The van der Waals surface area contributed by atoms with Crippen molar-refractivity contribution in [3.63, 3.8) is 0 Å². The molecule has 88 valence electrons. The van der Waals surface area contributed by atoms with Crippen LogP contribution in [0.1, 0.15) is 49.9 Å². The van der Waals surface area contributed by atoms with Crippen LogP contribution in [-0.2, 0) is 0 Å². The van der Waals surface area contributed by atoms with Gasteiger partial charge in [-0.1, -0.05) is 19.4 Å². The molecule has 1 aliphatic heterocycles. The third-order valence-electron chi connectivity index (χ3n) is 3.49. The maximum Gasteiger partial charge on any atom is 0.0604 e. The highest BCUT2D eigenvalue weighted by Gasteiger charge is 2.24. The van der Waals surface area contributed by atoms with Crippen LogP contribution in [0.15, 0.2) is 18.3 Å². The summed E-state index contributed by atoms with van der Waals surface area (Å²) in [6, 6.07) is 4.78. The summed E-state index contributed by atoms with van der Waals surface area (Å²) in [5, 5.41) is 0. The molecule has 0 unspecified atom stereocenters. The molecular formula is C14H22N2. The molecule has 1 fully saturated rings. The minimum absolute atomic E-state index is 0.565. The highest BCUT2D eigenvalue weighted by atomic mass is 15.2. The van der Waals surface area contributed by atoms with Crippen LogP contribution in [0.2, 0.25) is 0 Å². The molecule has 0 saturated carbocycles. The second-order valence-electron chi connectivity index (χ2n) is 4.75. The molecule has 0 amide bonds. The SMILES string of the molecule is CCCN1CCCC[C@@H]1c1ncccc1C. The lowest BCUT2D eigenvalue weighted by molar-refractivity contribution is 0.145. The second kappa shape index (κ2) is 5.44. The summed E-state index contributed by atoms with van der Waals surface area (Å²) < 4.78 is 0. The number of rotatable bonds is 3. The van der Waals surface area contributed by atoms with E-state index < -0.39 is 0 Å². The first kappa shape index (κ1) is 11.6. The van der Waals surface area contributed by atoms with Crippen molar-refractivity contribution < 1.29 is 0 Å². The number of likely N-dealkylation sites (tertiary alicyclic amines) is 1. The van der Waals surface area contributed by atoms with Gasteiger partial charge in [-0.2, -0.15) is 0 Å². The summed E-state index contributed by atoms with van der Waals surface area (Å²) in [5.74, 6) is 0. The number of nitrogens with zero attached hydrogens (tertiary/aromatic N) is 2. The number of pyridine rings is 1. The fraction of sp³-hybridized carbons (Fsp3) is 0.643. The molecule has 2 rings (SSSR count). The molecule has 0 radical (unpaired) electrons. The van der Waals surface area contributed by atoms with Crippen LogP contribution >= 0.6 is 0 Å². The molecule has 0 N–H and O–H groups in total. The highest BCUT2D eigenvalue weighted by molar-refractivity contribution is 5.21. The van der Waals surface area contributed by atoms with Crippen molar-refractivity contribution in [3.05, 3.63) is 29.6 Å². The van der Waals surface area contributed by atoms with Crippen LogP contribution in [0.25, 0.3) is 0 Å². The molecule has 2 heterocycles. The Labute approximate surface area is 98.7 Å². The molecular weight excluding hydrogens is 196 g/mol.